The van der Waals surface area contributed by atoms with Crippen molar-refractivity contribution < 1.29 is 9.47 Å². The molecule has 1 aliphatic rings. The van der Waals surface area contributed by atoms with Gasteiger partial charge in [-0.1, -0.05) is 25.1 Å². The highest BCUT2D eigenvalue weighted by molar-refractivity contribution is 5.52. The van der Waals surface area contributed by atoms with Crippen LogP contribution in [-0.4, -0.2) is 18.9 Å². The van der Waals surface area contributed by atoms with Crippen molar-refractivity contribution in [3.05, 3.63) is 29.8 Å². The van der Waals surface area contributed by atoms with Gasteiger partial charge >= 0.3 is 0 Å². The summed E-state index contributed by atoms with van der Waals surface area (Å²) in [6, 6.07) is 8.23. The lowest BCUT2D eigenvalue weighted by Crippen LogP contribution is -2.21. The summed E-state index contributed by atoms with van der Waals surface area (Å²) in [6.45, 7) is 6.07. The molecule has 0 unspecified atom stereocenters. The molecule has 1 aromatic carbocycles. The zero-order valence-corrected chi connectivity index (χ0v) is 11.0. The number of hydrogen-bond acceptors (Lipinski definition) is 3. The average molecular weight is 235 g/mol. The SMILES string of the molecule is CC[C@H]1OC(C)(C)O[C@@H]1c1ccccc1NC. The second kappa shape index (κ2) is 4.67. The Morgan fingerprint density at radius 3 is 2.59 bits per heavy atom. The first kappa shape index (κ1) is 12.4. The molecule has 0 aromatic heterocycles. The minimum atomic E-state index is -0.494. The first-order chi connectivity index (χ1) is 8.07. The second-order valence-electron chi connectivity index (χ2n) is 4.84. The number of rotatable bonds is 3. The number of benzene rings is 1. The van der Waals surface area contributed by atoms with E-state index in [2.05, 4.69) is 24.4 Å². The molecule has 0 spiro atoms. The van der Waals surface area contributed by atoms with Gasteiger partial charge in [0.2, 0.25) is 0 Å². The van der Waals surface area contributed by atoms with Gasteiger partial charge in [0.25, 0.3) is 0 Å². The molecule has 3 heteroatoms. The summed E-state index contributed by atoms with van der Waals surface area (Å²) in [7, 11) is 1.93. The van der Waals surface area contributed by atoms with Crippen molar-refractivity contribution in [2.75, 3.05) is 12.4 Å². The lowest BCUT2D eigenvalue weighted by molar-refractivity contribution is -0.146. The Bertz CT molecular complexity index is 390. The smallest absolute Gasteiger partial charge is 0.164 e. The van der Waals surface area contributed by atoms with Crippen molar-refractivity contribution in [2.45, 2.75) is 45.2 Å². The van der Waals surface area contributed by atoms with E-state index >= 15 is 0 Å². The van der Waals surface area contributed by atoms with Gasteiger partial charge in [0, 0.05) is 18.3 Å². The van der Waals surface area contributed by atoms with Gasteiger partial charge in [-0.05, 0) is 26.3 Å². The molecule has 0 saturated carbocycles. The third-order valence-electron chi connectivity index (χ3n) is 3.12. The lowest BCUT2D eigenvalue weighted by atomic mass is 10.0. The number of hydrogen-bond donors (Lipinski definition) is 1. The van der Waals surface area contributed by atoms with Crippen LogP contribution in [-0.2, 0) is 9.47 Å². The van der Waals surface area contributed by atoms with Crippen LogP contribution in [0, 0.1) is 0 Å². The standard InChI is InChI=1S/C14H21NO2/c1-5-12-13(17-14(2,3)16-12)10-8-6-7-9-11(10)15-4/h6-9,12-13,15H,5H2,1-4H3/t12-,13-/m1/s1. The van der Waals surface area contributed by atoms with Crippen LogP contribution in [0.25, 0.3) is 0 Å². The maximum atomic E-state index is 6.02. The van der Waals surface area contributed by atoms with Gasteiger partial charge in [0.15, 0.2) is 5.79 Å². The van der Waals surface area contributed by atoms with E-state index in [-0.39, 0.29) is 12.2 Å². The number of nitrogens with one attached hydrogen (secondary N) is 1. The Morgan fingerprint density at radius 2 is 1.94 bits per heavy atom. The maximum absolute atomic E-state index is 6.02. The summed E-state index contributed by atoms with van der Waals surface area (Å²) in [4.78, 5) is 0. The molecule has 2 rings (SSSR count). The normalized spacial score (nSPS) is 27.1. The van der Waals surface area contributed by atoms with Gasteiger partial charge in [0.1, 0.15) is 6.10 Å². The molecule has 17 heavy (non-hydrogen) atoms. The zero-order chi connectivity index (χ0) is 12.5. The lowest BCUT2D eigenvalue weighted by Gasteiger charge is -2.19. The molecule has 0 bridgehead atoms. The van der Waals surface area contributed by atoms with E-state index in [1.54, 1.807) is 0 Å². The molecular weight excluding hydrogens is 214 g/mol. The Kier molecular flexibility index (Phi) is 3.40. The molecular formula is C14H21NO2. The quantitative estimate of drug-likeness (QED) is 0.871. The molecule has 3 nitrogen and oxygen atoms in total. The molecule has 1 heterocycles. The van der Waals surface area contributed by atoms with Crippen LogP contribution < -0.4 is 5.32 Å². The Hall–Kier alpha value is -1.06. The van der Waals surface area contributed by atoms with Crippen molar-refractivity contribution >= 4 is 5.69 Å². The minimum Gasteiger partial charge on any atom is -0.388 e. The van der Waals surface area contributed by atoms with Gasteiger partial charge in [-0.2, -0.15) is 0 Å². The summed E-state index contributed by atoms with van der Waals surface area (Å²) in [6.07, 6.45) is 1.09. The molecule has 0 amide bonds. The van der Waals surface area contributed by atoms with Crippen LogP contribution in [0.1, 0.15) is 38.9 Å². The molecule has 1 fully saturated rings. The van der Waals surface area contributed by atoms with Crippen molar-refractivity contribution in [2.24, 2.45) is 0 Å². The Balaban J connectivity index is 2.32. The fourth-order valence-corrected chi connectivity index (χ4v) is 2.37. The highest BCUT2D eigenvalue weighted by Gasteiger charge is 2.41. The third-order valence-corrected chi connectivity index (χ3v) is 3.12. The van der Waals surface area contributed by atoms with Crippen molar-refractivity contribution in [3.8, 4) is 0 Å². The van der Waals surface area contributed by atoms with Crippen LogP contribution in [0.15, 0.2) is 24.3 Å². The molecule has 1 saturated heterocycles. The summed E-state index contributed by atoms with van der Waals surface area (Å²) in [5.74, 6) is -0.494. The van der Waals surface area contributed by atoms with Gasteiger partial charge in [-0.15, -0.1) is 0 Å². The third kappa shape index (κ3) is 2.45. The Morgan fingerprint density at radius 1 is 1.24 bits per heavy atom. The highest BCUT2D eigenvalue weighted by atomic mass is 16.7. The van der Waals surface area contributed by atoms with E-state index in [1.165, 1.54) is 5.56 Å². The molecule has 1 aliphatic heterocycles. The van der Waals surface area contributed by atoms with E-state index < -0.39 is 5.79 Å². The van der Waals surface area contributed by atoms with Crippen LogP contribution in [0.5, 0.6) is 0 Å². The van der Waals surface area contributed by atoms with E-state index in [4.69, 9.17) is 9.47 Å². The first-order valence-electron chi connectivity index (χ1n) is 6.19. The predicted octanol–water partition coefficient (Wildman–Crippen LogP) is 3.33. The second-order valence-corrected chi connectivity index (χ2v) is 4.84. The Labute approximate surface area is 103 Å². The largest absolute Gasteiger partial charge is 0.388 e. The van der Waals surface area contributed by atoms with Crippen LogP contribution in [0.3, 0.4) is 0 Å². The number of para-hydroxylation sites is 1. The van der Waals surface area contributed by atoms with Crippen LogP contribution in [0.2, 0.25) is 0 Å². The van der Waals surface area contributed by atoms with E-state index in [0.29, 0.717) is 0 Å². The van der Waals surface area contributed by atoms with Crippen molar-refractivity contribution in [1.82, 2.24) is 0 Å². The minimum absolute atomic E-state index is 0.0126. The van der Waals surface area contributed by atoms with Gasteiger partial charge in [-0.3, -0.25) is 0 Å². The van der Waals surface area contributed by atoms with Crippen LogP contribution >= 0.6 is 0 Å². The molecule has 1 N–H and O–H groups in total. The van der Waals surface area contributed by atoms with Gasteiger partial charge < -0.3 is 14.8 Å². The predicted molar refractivity (Wildman–Crippen MR) is 69.1 cm³/mol. The molecule has 0 aliphatic carbocycles. The summed E-state index contributed by atoms with van der Waals surface area (Å²) in [5, 5.41) is 3.21. The highest BCUT2D eigenvalue weighted by Crippen LogP contribution is 2.41. The molecule has 2 atom stereocenters. The summed E-state index contributed by atoms with van der Waals surface area (Å²) < 4.78 is 11.9. The van der Waals surface area contributed by atoms with E-state index in [1.807, 2.05) is 33.0 Å². The van der Waals surface area contributed by atoms with E-state index in [0.717, 1.165) is 12.1 Å². The maximum Gasteiger partial charge on any atom is 0.164 e. The molecule has 94 valence electrons. The average Bonchev–Trinajstić information content (AvgIpc) is 2.64. The topological polar surface area (TPSA) is 30.5 Å². The van der Waals surface area contributed by atoms with Crippen molar-refractivity contribution in [1.29, 1.82) is 0 Å². The number of ether oxygens (including phenoxy) is 2. The van der Waals surface area contributed by atoms with Gasteiger partial charge in [0.05, 0.1) is 6.10 Å². The van der Waals surface area contributed by atoms with Gasteiger partial charge in [-0.25, -0.2) is 0 Å². The fourth-order valence-electron chi connectivity index (χ4n) is 2.37. The monoisotopic (exact) mass is 235 g/mol. The van der Waals surface area contributed by atoms with Crippen LogP contribution in [0.4, 0.5) is 5.69 Å². The molecule has 1 aromatic rings. The number of anilines is 1. The van der Waals surface area contributed by atoms with Crippen molar-refractivity contribution in [3.63, 3.8) is 0 Å². The first-order valence-corrected chi connectivity index (χ1v) is 6.19. The van der Waals surface area contributed by atoms with E-state index in [9.17, 15) is 0 Å². The zero-order valence-electron chi connectivity index (χ0n) is 11.0. The summed E-state index contributed by atoms with van der Waals surface area (Å²) in [5.41, 5.74) is 2.28. The fraction of sp³-hybridized carbons (Fsp3) is 0.571. The molecule has 0 radical (unpaired) electrons. The summed E-state index contributed by atoms with van der Waals surface area (Å²) >= 11 is 0.